The fourth-order valence-electron chi connectivity index (χ4n) is 1.15. The van der Waals surface area contributed by atoms with E-state index in [1.54, 1.807) is 0 Å². The van der Waals surface area contributed by atoms with Gasteiger partial charge in [0.25, 0.3) is 12.1 Å². The number of hydrogen-bond donors (Lipinski definition) is 0. The topological polar surface area (TPSA) is 79.8 Å². The predicted octanol–water partition coefficient (Wildman–Crippen LogP) is 2.13. The molecule has 1 heterocycles. The molecule has 0 atom stereocenters. The Labute approximate surface area is 87.3 Å². The van der Waals surface area contributed by atoms with Gasteiger partial charge in [-0.15, -0.1) is 0 Å². The predicted molar refractivity (Wildman–Crippen MR) is 45.1 cm³/mol. The molecule has 0 aliphatic rings. The van der Waals surface area contributed by atoms with E-state index in [9.17, 15) is 23.3 Å². The first-order valence-electron chi connectivity index (χ1n) is 3.95. The number of alkyl halides is 2. The van der Waals surface area contributed by atoms with E-state index in [0.29, 0.717) is 6.20 Å². The van der Waals surface area contributed by atoms with E-state index in [1.807, 2.05) is 0 Å². The fraction of sp³-hybridized carbons (Fsp3) is 0.250. The third kappa shape index (κ3) is 2.08. The van der Waals surface area contributed by atoms with E-state index in [1.165, 1.54) is 6.07 Å². The molecule has 0 saturated carbocycles. The Balaban J connectivity index is 3.51. The summed E-state index contributed by atoms with van der Waals surface area (Å²) in [6, 6.07) is 1.46. The van der Waals surface area contributed by atoms with Crippen LogP contribution in [0.5, 0.6) is 0 Å². The van der Waals surface area contributed by atoms with Gasteiger partial charge in [-0.25, -0.2) is 13.8 Å². The van der Waals surface area contributed by atoms with E-state index in [0.717, 1.165) is 0 Å². The van der Waals surface area contributed by atoms with Gasteiger partial charge < -0.3 is 0 Å². The highest BCUT2D eigenvalue weighted by Gasteiger charge is 2.29. The minimum absolute atomic E-state index is 0.402. The molecule has 1 aromatic heterocycles. The normalized spacial score (nSPS) is 10.2. The largest absolute Gasteiger partial charge is 0.288 e. The summed E-state index contributed by atoms with van der Waals surface area (Å²) in [5, 5.41) is 18.9. The smallest absolute Gasteiger partial charge is 0.258 e. The summed E-state index contributed by atoms with van der Waals surface area (Å²) in [6.07, 6.45) is -3.43. The lowest BCUT2D eigenvalue weighted by molar-refractivity contribution is -0.387. The van der Waals surface area contributed by atoms with Gasteiger partial charge in [-0.2, -0.15) is 9.65 Å². The third-order valence-electron chi connectivity index (χ3n) is 1.80. The Bertz CT molecular complexity index is 470. The molecule has 0 amide bonds. The zero-order chi connectivity index (χ0) is 12.3. The standard InChI is InChI=1S/C8H4F3N3O2/c9-7(10)5-3-13-8(11)4(1-2-12)6(5)14(15)16/h3,7H,1H2. The van der Waals surface area contributed by atoms with Crippen molar-refractivity contribution in [3.05, 3.63) is 33.4 Å². The first kappa shape index (κ1) is 11.9. The van der Waals surface area contributed by atoms with Crippen molar-refractivity contribution in [2.24, 2.45) is 0 Å². The molecule has 0 spiro atoms. The summed E-state index contributed by atoms with van der Waals surface area (Å²) in [7, 11) is 0. The van der Waals surface area contributed by atoms with Crippen LogP contribution >= 0.6 is 0 Å². The van der Waals surface area contributed by atoms with Crippen LogP contribution in [0.4, 0.5) is 18.9 Å². The van der Waals surface area contributed by atoms with E-state index in [2.05, 4.69) is 4.98 Å². The quantitative estimate of drug-likeness (QED) is 0.453. The number of nitriles is 1. The zero-order valence-corrected chi connectivity index (χ0v) is 7.65. The van der Waals surface area contributed by atoms with Crippen molar-refractivity contribution in [3.8, 4) is 6.07 Å². The van der Waals surface area contributed by atoms with Crippen molar-refractivity contribution in [2.45, 2.75) is 12.8 Å². The Morgan fingerprint density at radius 3 is 2.69 bits per heavy atom. The number of hydrogen-bond acceptors (Lipinski definition) is 4. The second kappa shape index (κ2) is 4.57. The molecule has 0 N–H and O–H groups in total. The highest BCUT2D eigenvalue weighted by molar-refractivity contribution is 5.47. The molecule has 8 heteroatoms. The number of aromatic nitrogens is 1. The fourth-order valence-corrected chi connectivity index (χ4v) is 1.15. The molecule has 84 valence electrons. The second-order valence-electron chi connectivity index (χ2n) is 2.72. The molecule has 0 saturated heterocycles. The second-order valence-corrected chi connectivity index (χ2v) is 2.72. The highest BCUT2D eigenvalue weighted by atomic mass is 19.3. The molecule has 5 nitrogen and oxygen atoms in total. The molecule has 16 heavy (non-hydrogen) atoms. The zero-order valence-electron chi connectivity index (χ0n) is 7.65. The van der Waals surface area contributed by atoms with E-state index in [4.69, 9.17) is 5.26 Å². The maximum Gasteiger partial charge on any atom is 0.288 e. The number of rotatable bonds is 3. The number of nitro groups is 1. The Morgan fingerprint density at radius 2 is 2.25 bits per heavy atom. The first-order valence-corrected chi connectivity index (χ1v) is 3.95. The SMILES string of the molecule is N#CCc1c(F)ncc(C(F)F)c1[N+](=O)[O-]. The van der Waals surface area contributed by atoms with Gasteiger partial charge in [0, 0.05) is 6.20 Å². The summed E-state index contributed by atoms with van der Waals surface area (Å²) in [4.78, 5) is 12.4. The number of nitrogens with zero attached hydrogens (tertiary/aromatic N) is 3. The monoisotopic (exact) mass is 231 g/mol. The summed E-state index contributed by atoms with van der Waals surface area (Å²) in [5.41, 5.74) is -2.79. The summed E-state index contributed by atoms with van der Waals surface area (Å²) in [5.74, 6) is -1.28. The Kier molecular flexibility index (Phi) is 3.40. The van der Waals surface area contributed by atoms with E-state index >= 15 is 0 Å². The highest BCUT2D eigenvalue weighted by Crippen LogP contribution is 2.32. The van der Waals surface area contributed by atoms with Gasteiger partial charge in [0.1, 0.15) is 5.56 Å². The molecule has 0 aliphatic carbocycles. The van der Waals surface area contributed by atoms with Crippen LogP contribution in [-0.2, 0) is 6.42 Å². The average Bonchev–Trinajstić information content (AvgIpc) is 2.20. The van der Waals surface area contributed by atoms with E-state index in [-0.39, 0.29) is 0 Å². The van der Waals surface area contributed by atoms with Crippen LogP contribution in [0.25, 0.3) is 0 Å². The van der Waals surface area contributed by atoms with Crippen LogP contribution in [0, 0.1) is 27.4 Å². The summed E-state index contributed by atoms with van der Waals surface area (Å²) in [6.45, 7) is 0. The van der Waals surface area contributed by atoms with Crippen molar-refractivity contribution in [2.75, 3.05) is 0 Å². The maximum atomic E-state index is 13.0. The van der Waals surface area contributed by atoms with Gasteiger partial charge in [0.15, 0.2) is 0 Å². The summed E-state index contributed by atoms with van der Waals surface area (Å²) < 4.78 is 37.8. The van der Waals surface area contributed by atoms with Crippen LogP contribution in [0.3, 0.4) is 0 Å². The van der Waals surface area contributed by atoms with Crippen LogP contribution in [0.15, 0.2) is 6.20 Å². The van der Waals surface area contributed by atoms with Gasteiger partial charge in [-0.3, -0.25) is 10.1 Å². The van der Waals surface area contributed by atoms with Crippen molar-refractivity contribution in [1.29, 1.82) is 5.26 Å². The van der Waals surface area contributed by atoms with Crippen molar-refractivity contribution < 1.29 is 18.1 Å². The molecule has 1 aromatic rings. The maximum absolute atomic E-state index is 13.0. The van der Waals surface area contributed by atoms with Gasteiger partial charge in [-0.1, -0.05) is 0 Å². The van der Waals surface area contributed by atoms with Crippen molar-refractivity contribution in [3.63, 3.8) is 0 Å². The van der Waals surface area contributed by atoms with Gasteiger partial charge >= 0.3 is 0 Å². The van der Waals surface area contributed by atoms with Gasteiger partial charge in [-0.05, 0) is 0 Å². The molecular weight excluding hydrogens is 227 g/mol. The molecule has 0 aromatic carbocycles. The molecule has 0 radical (unpaired) electrons. The van der Waals surface area contributed by atoms with Crippen LogP contribution in [0.1, 0.15) is 17.6 Å². The van der Waals surface area contributed by atoms with Crippen molar-refractivity contribution >= 4 is 5.69 Å². The molecule has 0 aliphatic heterocycles. The van der Waals surface area contributed by atoms with Crippen LogP contribution < -0.4 is 0 Å². The molecule has 0 bridgehead atoms. The number of pyridine rings is 1. The Hall–Kier alpha value is -2.17. The van der Waals surface area contributed by atoms with Gasteiger partial charge in [0.2, 0.25) is 5.95 Å². The Morgan fingerprint density at radius 1 is 1.62 bits per heavy atom. The lowest BCUT2D eigenvalue weighted by Crippen LogP contribution is -2.05. The molecule has 1 rings (SSSR count). The van der Waals surface area contributed by atoms with Crippen LogP contribution in [0.2, 0.25) is 0 Å². The van der Waals surface area contributed by atoms with Crippen LogP contribution in [-0.4, -0.2) is 9.91 Å². The molecule has 0 unspecified atom stereocenters. The average molecular weight is 231 g/mol. The minimum atomic E-state index is -3.15. The summed E-state index contributed by atoms with van der Waals surface area (Å²) >= 11 is 0. The number of halogens is 3. The third-order valence-corrected chi connectivity index (χ3v) is 1.80. The lowest BCUT2D eigenvalue weighted by atomic mass is 10.1. The first-order chi connectivity index (χ1) is 7.49. The van der Waals surface area contributed by atoms with Gasteiger partial charge in [0.05, 0.1) is 23.0 Å². The van der Waals surface area contributed by atoms with Crippen molar-refractivity contribution in [1.82, 2.24) is 4.98 Å². The lowest BCUT2D eigenvalue weighted by Gasteiger charge is -2.05. The molecular formula is C8H4F3N3O2. The van der Waals surface area contributed by atoms with E-state index < -0.39 is 40.5 Å². The molecule has 0 fully saturated rings. The minimum Gasteiger partial charge on any atom is -0.258 e.